The molecule has 0 amide bonds. The Kier molecular flexibility index (Phi) is 12.1. The maximum absolute atomic E-state index is 12.8. The number of ether oxygens (including phenoxy) is 2. The molecule has 0 unspecified atom stereocenters. The molecule has 4 aliphatic rings. The predicted octanol–water partition coefficient (Wildman–Crippen LogP) is 11.2. The van der Waals surface area contributed by atoms with Crippen molar-refractivity contribution >= 4 is 24.7 Å². The van der Waals surface area contributed by atoms with Gasteiger partial charge in [0, 0.05) is 18.1 Å². The molecule has 0 radical (unpaired) electrons. The molecule has 300 valence electrons. The zero-order valence-electron chi connectivity index (χ0n) is 35.4. The summed E-state index contributed by atoms with van der Waals surface area (Å²) < 4.78 is 19.9. The highest BCUT2D eigenvalue weighted by atomic mass is 28.4. The zero-order chi connectivity index (χ0) is 39.7. The van der Waals surface area contributed by atoms with Gasteiger partial charge in [-0.05, 0) is 120 Å². The van der Waals surface area contributed by atoms with Crippen LogP contribution in [0.4, 0.5) is 0 Å². The SMILES string of the molecule is C=C(C[C@H](OCc1ccccc1)[C@@H](C)[C@H]1CC[C@H]2[C@@H]3CC=C4C[C@@H](O[Si](c5ccccc5)(c5ccccc5)C(C)(C)C)CC[C@]4(C)[C@H]3CC[C@]12C)C(=O)OCC. The fourth-order valence-corrected chi connectivity index (χ4v) is 17.3. The van der Waals surface area contributed by atoms with E-state index in [1.165, 1.54) is 48.9 Å². The molecule has 9 atom stereocenters. The van der Waals surface area contributed by atoms with Crippen molar-refractivity contribution in [3.05, 3.63) is 120 Å². The lowest BCUT2D eigenvalue weighted by Gasteiger charge is -2.59. The maximum atomic E-state index is 12.8. The molecular formula is C51H68O4Si. The van der Waals surface area contributed by atoms with Crippen LogP contribution < -0.4 is 10.4 Å². The fraction of sp³-hybridized carbons (Fsp3) is 0.549. The Labute approximate surface area is 339 Å². The van der Waals surface area contributed by atoms with Crippen molar-refractivity contribution in [2.45, 2.75) is 130 Å². The van der Waals surface area contributed by atoms with E-state index in [-0.39, 0.29) is 34.0 Å². The van der Waals surface area contributed by atoms with Gasteiger partial charge in [0.1, 0.15) is 0 Å². The van der Waals surface area contributed by atoms with Crippen molar-refractivity contribution in [1.29, 1.82) is 0 Å². The lowest BCUT2D eigenvalue weighted by molar-refractivity contribution is -0.139. The van der Waals surface area contributed by atoms with Crippen LogP contribution in [0, 0.1) is 40.4 Å². The van der Waals surface area contributed by atoms with Crippen LogP contribution in [0.3, 0.4) is 0 Å². The number of allylic oxidation sites excluding steroid dienone is 1. The average molecular weight is 773 g/mol. The molecule has 0 aliphatic heterocycles. The van der Waals surface area contributed by atoms with Crippen LogP contribution in [-0.2, 0) is 25.3 Å². The second-order valence-corrected chi connectivity index (χ2v) is 23.6. The molecule has 7 rings (SSSR count). The van der Waals surface area contributed by atoms with Crippen LogP contribution in [0.25, 0.3) is 0 Å². The van der Waals surface area contributed by atoms with Crippen molar-refractivity contribution < 1.29 is 18.7 Å². The van der Waals surface area contributed by atoms with Gasteiger partial charge >= 0.3 is 5.97 Å². The third kappa shape index (κ3) is 7.58. The minimum absolute atomic E-state index is 0.0237. The molecule has 0 spiro atoms. The quantitative estimate of drug-likeness (QED) is 0.0751. The van der Waals surface area contributed by atoms with E-state index in [9.17, 15) is 4.79 Å². The van der Waals surface area contributed by atoms with Gasteiger partial charge in [-0.25, -0.2) is 4.79 Å². The van der Waals surface area contributed by atoms with E-state index in [0.717, 1.165) is 24.3 Å². The summed E-state index contributed by atoms with van der Waals surface area (Å²) in [7, 11) is -2.62. The molecule has 3 fully saturated rings. The van der Waals surface area contributed by atoms with Gasteiger partial charge in [0.25, 0.3) is 8.32 Å². The van der Waals surface area contributed by atoms with Gasteiger partial charge in [0.2, 0.25) is 0 Å². The van der Waals surface area contributed by atoms with E-state index in [1.807, 2.05) is 13.0 Å². The van der Waals surface area contributed by atoms with E-state index < -0.39 is 8.32 Å². The Morgan fingerprint density at radius 1 is 0.857 bits per heavy atom. The molecule has 0 heterocycles. The summed E-state index contributed by atoms with van der Waals surface area (Å²) in [6, 6.07) is 32.8. The van der Waals surface area contributed by atoms with Crippen molar-refractivity contribution in [3.63, 3.8) is 0 Å². The molecule has 4 nitrogen and oxygen atoms in total. The topological polar surface area (TPSA) is 44.8 Å². The number of carbonyl (C=O) groups excluding carboxylic acids is 1. The van der Waals surface area contributed by atoms with Gasteiger partial charge in [0.05, 0.1) is 19.3 Å². The highest BCUT2D eigenvalue weighted by Gasteiger charge is 2.60. The molecule has 0 N–H and O–H groups in total. The third-order valence-corrected chi connectivity index (χ3v) is 20.5. The van der Waals surface area contributed by atoms with Crippen LogP contribution in [0.2, 0.25) is 5.04 Å². The maximum Gasteiger partial charge on any atom is 0.333 e. The summed E-state index contributed by atoms with van der Waals surface area (Å²) >= 11 is 0. The fourth-order valence-electron chi connectivity index (χ4n) is 12.6. The Hall–Kier alpha value is -3.25. The van der Waals surface area contributed by atoms with Gasteiger partial charge in [-0.3, -0.25) is 0 Å². The molecule has 0 saturated heterocycles. The number of benzene rings is 3. The lowest BCUT2D eigenvalue weighted by atomic mass is 9.47. The smallest absolute Gasteiger partial charge is 0.333 e. The molecule has 5 heteroatoms. The molecule has 0 aromatic heterocycles. The van der Waals surface area contributed by atoms with Gasteiger partial charge in [0.15, 0.2) is 0 Å². The van der Waals surface area contributed by atoms with Crippen LogP contribution in [-0.4, -0.2) is 33.1 Å². The minimum atomic E-state index is -2.62. The van der Waals surface area contributed by atoms with Gasteiger partial charge < -0.3 is 13.9 Å². The van der Waals surface area contributed by atoms with Gasteiger partial charge in [-0.2, -0.15) is 0 Å². The Morgan fingerprint density at radius 2 is 1.48 bits per heavy atom. The predicted molar refractivity (Wildman–Crippen MR) is 232 cm³/mol. The van der Waals surface area contributed by atoms with Gasteiger partial charge in [-0.15, -0.1) is 0 Å². The summed E-state index contributed by atoms with van der Waals surface area (Å²) in [6.45, 7) is 21.8. The second-order valence-electron chi connectivity index (χ2n) is 19.4. The molecule has 3 saturated carbocycles. The van der Waals surface area contributed by atoms with Crippen LogP contribution in [0.1, 0.15) is 112 Å². The van der Waals surface area contributed by atoms with Crippen molar-refractivity contribution in [2.75, 3.05) is 6.61 Å². The standard InChI is InChI=1S/C51H68O4Si/c1-9-53-48(52)36(2)33-47(54-35-38-19-13-10-14-20-38)37(3)44-27-28-45-43-26-25-39-34-40(29-31-50(39,7)46(43)30-32-51(44,45)8)55-56(49(4,5)6,41-21-15-11-16-22-41)42-23-17-12-18-24-42/h10-25,37,40,43-47H,2,9,26-35H2,1,3-8H3/t37-,40-,43-,44+,45-,46-,47-,50-,51+/m0/s1. The first-order valence-electron chi connectivity index (χ1n) is 21.8. The highest BCUT2D eigenvalue weighted by molar-refractivity contribution is 6.99. The Balaban J connectivity index is 1.10. The minimum Gasteiger partial charge on any atom is -0.463 e. The number of hydrogen-bond donors (Lipinski definition) is 0. The normalized spacial score (nSPS) is 29.9. The molecule has 4 aliphatic carbocycles. The first-order valence-corrected chi connectivity index (χ1v) is 23.7. The number of esters is 1. The average Bonchev–Trinajstić information content (AvgIpc) is 3.56. The van der Waals surface area contributed by atoms with Crippen LogP contribution in [0.5, 0.6) is 0 Å². The van der Waals surface area contributed by atoms with Crippen molar-refractivity contribution in [3.8, 4) is 0 Å². The van der Waals surface area contributed by atoms with E-state index in [1.54, 1.807) is 5.57 Å². The van der Waals surface area contributed by atoms with E-state index in [2.05, 4.69) is 139 Å². The first-order chi connectivity index (χ1) is 26.8. The third-order valence-electron chi connectivity index (χ3n) is 15.4. The van der Waals surface area contributed by atoms with Gasteiger partial charge in [-0.1, -0.05) is 151 Å². The Bertz CT molecular complexity index is 1790. The number of fused-ring (bicyclic) bond motifs is 5. The van der Waals surface area contributed by atoms with E-state index >= 15 is 0 Å². The van der Waals surface area contributed by atoms with E-state index in [4.69, 9.17) is 13.9 Å². The van der Waals surface area contributed by atoms with Crippen LogP contribution >= 0.6 is 0 Å². The number of rotatable bonds is 13. The highest BCUT2D eigenvalue weighted by Crippen LogP contribution is 2.67. The molecular weight excluding hydrogens is 705 g/mol. The van der Waals surface area contributed by atoms with Crippen molar-refractivity contribution in [1.82, 2.24) is 0 Å². The number of carbonyl (C=O) groups is 1. The first kappa shape index (κ1) is 40.9. The summed E-state index contributed by atoms with van der Waals surface area (Å²) in [5, 5.41) is 2.72. The largest absolute Gasteiger partial charge is 0.463 e. The molecule has 0 bridgehead atoms. The summed E-state index contributed by atoms with van der Waals surface area (Å²) in [5.41, 5.74) is 3.84. The summed E-state index contributed by atoms with van der Waals surface area (Å²) in [5.74, 6) is 2.68. The summed E-state index contributed by atoms with van der Waals surface area (Å²) in [6.07, 6.45) is 13.0. The lowest BCUT2D eigenvalue weighted by Crippen LogP contribution is -2.68. The van der Waals surface area contributed by atoms with Crippen molar-refractivity contribution in [2.24, 2.45) is 40.4 Å². The summed E-state index contributed by atoms with van der Waals surface area (Å²) in [4.78, 5) is 12.8. The Morgan fingerprint density at radius 3 is 2.09 bits per heavy atom. The van der Waals surface area contributed by atoms with E-state index in [0.29, 0.717) is 48.9 Å². The molecule has 3 aromatic carbocycles. The number of hydrogen-bond acceptors (Lipinski definition) is 4. The second kappa shape index (κ2) is 16.5. The zero-order valence-corrected chi connectivity index (χ0v) is 36.4. The van der Waals surface area contributed by atoms with Crippen LogP contribution in [0.15, 0.2) is 115 Å². The molecule has 56 heavy (non-hydrogen) atoms. The molecule has 3 aromatic rings. The monoisotopic (exact) mass is 772 g/mol.